The molecular weight excluding hydrogens is 276 g/mol. The van der Waals surface area contributed by atoms with E-state index in [0.717, 1.165) is 0 Å². The molecule has 0 aliphatic carbocycles. The fourth-order valence-corrected chi connectivity index (χ4v) is 2.20. The molecule has 2 atom stereocenters. The number of methoxy groups -OCH3 is 2. The number of likely N-dealkylation sites (tertiary alicyclic amines) is 1. The summed E-state index contributed by atoms with van der Waals surface area (Å²) in [6.45, 7) is 0.494. The van der Waals surface area contributed by atoms with Crippen LogP contribution >= 0.6 is 0 Å². The van der Waals surface area contributed by atoms with Crippen LogP contribution in [-0.2, 0) is 0 Å². The quantitative estimate of drug-likeness (QED) is 0.762. The predicted octanol–water partition coefficient (Wildman–Crippen LogP) is 0.663. The largest absolute Gasteiger partial charge is 0.497 e. The number of carbonyl (C=O) groups excluding carboxylic acids is 1. The number of rotatable bonds is 3. The molecule has 1 fully saturated rings. The predicted molar refractivity (Wildman–Crippen MR) is 76.8 cm³/mol. The van der Waals surface area contributed by atoms with Crippen LogP contribution in [0.25, 0.3) is 0 Å². The van der Waals surface area contributed by atoms with Gasteiger partial charge in [-0.05, 0) is 18.6 Å². The fraction of sp³-hybridized carbons (Fsp3) is 0.500. The van der Waals surface area contributed by atoms with Gasteiger partial charge in [-0.25, -0.2) is 4.79 Å². The molecule has 1 aliphatic heterocycles. The SMILES string of the molecule is COc1ccc(NC(=O)N2CC[C@@H](O)[C@H](O)C2)c(OC)c1. The highest BCUT2D eigenvalue weighted by Crippen LogP contribution is 2.29. The average molecular weight is 296 g/mol. The van der Waals surface area contributed by atoms with Crippen molar-refractivity contribution in [1.82, 2.24) is 4.90 Å². The zero-order valence-electron chi connectivity index (χ0n) is 12.1. The Balaban J connectivity index is 2.06. The number of piperidine rings is 1. The molecule has 2 amide bonds. The van der Waals surface area contributed by atoms with E-state index in [9.17, 15) is 15.0 Å². The standard InChI is InChI=1S/C14H20N2O5/c1-20-9-3-4-10(13(7-9)21-2)15-14(19)16-6-5-11(17)12(18)8-16/h3-4,7,11-12,17-18H,5-6,8H2,1-2H3,(H,15,19)/t11-,12-/m1/s1. The molecule has 0 bridgehead atoms. The number of ether oxygens (including phenoxy) is 2. The van der Waals surface area contributed by atoms with Gasteiger partial charge in [0.05, 0.1) is 38.7 Å². The van der Waals surface area contributed by atoms with Crippen molar-refractivity contribution in [2.24, 2.45) is 0 Å². The highest BCUT2D eigenvalue weighted by atomic mass is 16.5. The molecule has 1 aromatic carbocycles. The summed E-state index contributed by atoms with van der Waals surface area (Å²) in [7, 11) is 3.05. The van der Waals surface area contributed by atoms with Crippen LogP contribution < -0.4 is 14.8 Å². The van der Waals surface area contributed by atoms with Crippen LogP contribution in [-0.4, -0.2) is 60.7 Å². The van der Waals surface area contributed by atoms with Gasteiger partial charge in [0, 0.05) is 12.6 Å². The second-order valence-corrected chi connectivity index (χ2v) is 4.87. The highest BCUT2D eigenvalue weighted by Gasteiger charge is 2.28. The van der Waals surface area contributed by atoms with Crippen LogP contribution in [0.3, 0.4) is 0 Å². The maximum absolute atomic E-state index is 12.2. The monoisotopic (exact) mass is 296 g/mol. The molecular formula is C14H20N2O5. The molecule has 3 N–H and O–H groups in total. The van der Waals surface area contributed by atoms with Gasteiger partial charge in [-0.15, -0.1) is 0 Å². The number of hydrogen-bond acceptors (Lipinski definition) is 5. The van der Waals surface area contributed by atoms with Crippen LogP contribution in [0.1, 0.15) is 6.42 Å². The molecule has 0 spiro atoms. The molecule has 1 aromatic rings. The molecule has 7 heteroatoms. The van der Waals surface area contributed by atoms with Gasteiger partial charge in [-0.3, -0.25) is 0 Å². The number of β-amino-alcohol motifs (C(OH)–C–C–N with tert-alkyl or cyclic N) is 1. The highest BCUT2D eigenvalue weighted by molar-refractivity contribution is 5.91. The van der Waals surface area contributed by atoms with Gasteiger partial charge in [0.25, 0.3) is 0 Å². The molecule has 0 saturated carbocycles. The first-order valence-corrected chi connectivity index (χ1v) is 6.69. The summed E-state index contributed by atoms with van der Waals surface area (Å²) in [5, 5.41) is 21.8. The Kier molecular flexibility index (Phi) is 4.87. The third-order valence-corrected chi connectivity index (χ3v) is 3.48. The Morgan fingerprint density at radius 1 is 1.29 bits per heavy atom. The Hall–Kier alpha value is -1.99. The molecule has 1 aliphatic rings. The van der Waals surface area contributed by atoms with E-state index in [1.165, 1.54) is 12.0 Å². The van der Waals surface area contributed by atoms with Gasteiger partial charge in [0.1, 0.15) is 11.5 Å². The van der Waals surface area contributed by atoms with Gasteiger partial charge in [-0.1, -0.05) is 0 Å². The Morgan fingerprint density at radius 3 is 2.67 bits per heavy atom. The van der Waals surface area contributed by atoms with Gasteiger partial charge >= 0.3 is 6.03 Å². The van der Waals surface area contributed by atoms with Gasteiger partial charge in [0.15, 0.2) is 0 Å². The summed E-state index contributed by atoms with van der Waals surface area (Å²) in [6, 6.07) is 4.73. The Bertz CT molecular complexity index is 508. The zero-order valence-corrected chi connectivity index (χ0v) is 12.1. The second-order valence-electron chi connectivity index (χ2n) is 4.87. The van der Waals surface area contributed by atoms with E-state index in [1.807, 2.05) is 0 Å². The summed E-state index contributed by atoms with van der Waals surface area (Å²) >= 11 is 0. The van der Waals surface area contributed by atoms with Crippen molar-refractivity contribution in [2.75, 3.05) is 32.6 Å². The van der Waals surface area contributed by atoms with Crippen molar-refractivity contribution < 1.29 is 24.5 Å². The Labute approximate surface area is 123 Å². The first-order valence-electron chi connectivity index (χ1n) is 6.69. The number of anilines is 1. The molecule has 116 valence electrons. The number of nitrogens with zero attached hydrogens (tertiary/aromatic N) is 1. The number of benzene rings is 1. The molecule has 1 saturated heterocycles. The minimum Gasteiger partial charge on any atom is -0.497 e. The summed E-state index contributed by atoms with van der Waals surface area (Å²) in [5.74, 6) is 1.11. The summed E-state index contributed by atoms with van der Waals surface area (Å²) in [5.41, 5.74) is 0.518. The lowest BCUT2D eigenvalue weighted by Crippen LogP contribution is -2.50. The second kappa shape index (κ2) is 6.64. The van der Waals surface area contributed by atoms with Crippen LogP contribution in [0.5, 0.6) is 11.5 Å². The van der Waals surface area contributed by atoms with E-state index in [-0.39, 0.29) is 12.6 Å². The number of amides is 2. The van der Waals surface area contributed by atoms with Crippen molar-refractivity contribution in [3.8, 4) is 11.5 Å². The van der Waals surface area contributed by atoms with Crippen molar-refractivity contribution in [3.05, 3.63) is 18.2 Å². The van der Waals surface area contributed by atoms with Crippen molar-refractivity contribution in [1.29, 1.82) is 0 Å². The molecule has 7 nitrogen and oxygen atoms in total. The smallest absolute Gasteiger partial charge is 0.322 e. The topological polar surface area (TPSA) is 91.3 Å². The average Bonchev–Trinajstić information content (AvgIpc) is 2.50. The lowest BCUT2D eigenvalue weighted by Gasteiger charge is -2.33. The van der Waals surface area contributed by atoms with Crippen LogP contribution in [0.15, 0.2) is 18.2 Å². The molecule has 0 aromatic heterocycles. The maximum atomic E-state index is 12.2. The molecule has 2 rings (SSSR count). The van der Waals surface area contributed by atoms with E-state index in [2.05, 4.69) is 5.32 Å². The van der Waals surface area contributed by atoms with Crippen molar-refractivity contribution in [2.45, 2.75) is 18.6 Å². The third kappa shape index (κ3) is 3.56. The normalized spacial score (nSPS) is 21.8. The van der Waals surface area contributed by atoms with Gasteiger partial charge < -0.3 is 29.9 Å². The summed E-state index contributed by atoms with van der Waals surface area (Å²) in [6.07, 6.45) is -1.33. The third-order valence-electron chi connectivity index (χ3n) is 3.48. The number of aliphatic hydroxyl groups is 2. The molecule has 0 unspecified atom stereocenters. The van der Waals surface area contributed by atoms with E-state index in [0.29, 0.717) is 30.2 Å². The van der Waals surface area contributed by atoms with E-state index in [4.69, 9.17) is 9.47 Å². The number of aliphatic hydroxyl groups excluding tert-OH is 2. The number of urea groups is 1. The van der Waals surface area contributed by atoms with E-state index < -0.39 is 12.2 Å². The van der Waals surface area contributed by atoms with Crippen LogP contribution in [0, 0.1) is 0 Å². The van der Waals surface area contributed by atoms with Crippen molar-refractivity contribution in [3.63, 3.8) is 0 Å². The van der Waals surface area contributed by atoms with Crippen LogP contribution in [0.4, 0.5) is 10.5 Å². The number of hydrogen-bond donors (Lipinski definition) is 3. The van der Waals surface area contributed by atoms with Crippen molar-refractivity contribution >= 4 is 11.7 Å². The molecule has 0 radical (unpaired) electrons. The maximum Gasteiger partial charge on any atom is 0.322 e. The lowest BCUT2D eigenvalue weighted by molar-refractivity contribution is -0.0263. The summed E-state index contributed by atoms with van der Waals surface area (Å²) in [4.78, 5) is 13.6. The minimum atomic E-state index is -0.915. The van der Waals surface area contributed by atoms with Crippen LogP contribution in [0.2, 0.25) is 0 Å². The first-order chi connectivity index (χ1) is 10.0. The fourth-order valence-electron chi connectivity index (χ4n) is 2.20. The zero-order chi connectivity index (χ0) is 15.4. The summed E-state index contributed by atoms with van der Waals surface area (Å²) < 4.78 is 10.3. The van der Waals surface area contributed by atoms with E-state index >= 15 is 0 Å². The van der Waals surface area contributed by atoms with E-state index in [1.54, 1.807) is 25.3 Å². The molecule has 1 heterocycles. The van der Waals surface area contributed by atoms with Gasteiger partial charge in [-0.2, -0.15) is 0 Å². The minimum absolute atomic E-state index is 0.103. The number of nitrogens with one attached hydrogen (secondary N) is 1. The number of carbonyl (C=O) groups is 1. The Morgan fingerprint density at radius 2 is 2.05 bits per heavy atom. The first kappa shape index (κ1) is 15.4. The molecule has 21 heavy (non-hydrogen) atoms. The van der Waals surface area contributed by atoms with Gasteiger partial charge in [0.2, 0.25) is 0 Å². The lowest BCUT2D eigenvalue weighted by atomic mass is 10.1.